The molecule has 1 amide bonds. The Morgan fingerprint density at radius 3 is 1.76 bits per heavy atom. The molecule has 0 aromatic rings. The van der Waals surface area contributed by atoms with Gasteiger partial charge in [0.25, 0.3) is 0 Å². The fraction of sp³-hybridized carbons (Fsp3) is 0.870. The number of carbonyl (C=O) groups excluding carboxylic acids is 2. The Morgan fingerprint density at radius 2 is 1.31 bits per heavy atom. The Kier molecular flexibility index (Phi) is 15.3. The van der Waals surface area contributed by atoms with Gasteiger partial charge in [0.15, 0.2) is 0 Å². The summed E-state index contributed by atoms with van der Waals surface area (Å²) in [5.41, 5.74) is -0.603. The van der Waals surface area contributed by atoms with Gasteiger partial charge in [-0.2, -0.15) is 0 Å². The molecule has 29 heavy (non-hydrogen) atoms. The predicted octanol–water partition coefficient (Wildman–Crippen LogP) is 5.38. The van der Waals surface area contributed by atoms with Crippen molar-refractivity contribution in [1.82, 2.24) is 5.32 Å². The van der Waals surface area contributed by atoms with Gasteiger partial charge in [-0.3, -0.25) is 9.59 Å². The molecular weight excluding hydrogens is 370 g/mol. The van der Waals surface area contributed by atoms with Crippen LogP contribution in [-0.2, 0) is 19.1 Å². The summed E-state index contributed by atoms with van der Waals surface area (Å²) in [6.07, 6.45) is 13.6. The minimum absolute atomic E-state index is 0.0348. The van der Waals surface area contributed by atoms with Crippen molar-refractivity contribution in [2.24, 2.45) is 0 Å². The van der Waals surface area contributed by atoms with Crippen LogP contribution < -0.4 is 5.32 Å². The number of carboxylic acid groups (broad SMARTS) is 1. The van der Waals surface area contributed by atoms with E-state index >= 15 is 0 Å². The zero-order valence-electron chi connectivity index (χ0n) is 19.1. The van der Waals surface area contributed by atoms with Gasteiger partial charge in [0.05, 0.1) is 0 Å². The second kappa shape index (κ2) is 16.2. The molecule has 0 aliphatic carbocycles. The van der Waals surface area contributed by atoms with Crippen molar-refractivity contribution in [1.29, 1.82) is 0 Å². The van der Waals surface area contributed by atoms with E-state index in [2.05, 4.69) is 12.2 Å². The lowest BCUT2D eigenvalue weighted by Crippen LogP contribution is -2.41. The summed E-state index contributed by atoms with van der Waals surface area (Å²) in [4.78, 5) is 35.1. The number of ether oxygens (including phenoxy) is 1. The van der Waals surface area contributed by atoms with Gasteiger partial charge in [-0.05, 0) is 33.6 Å². The SMILES string of the molecule is CCCCCCCCCCCCCC(=O)N[C@@H](CCC(=O)OC(C)(C)C)C(=O)O. The molecule has 0 bridgehead atoms. The van der Waals surface area contributed by atoms with Gasteiger partial charge in [-0.1, -0.05) is 71.1 Å². The molecule has 6 nitrogen and oxygen atoms in total. The monoisotopic (exact) mass is 413 g/mol. The Morgan fingerprint density at radius 1 is 0.828 bits per heavy atom. The van der Waals surface area contributed by atoms with Gasteiger partial charge in [-0.25, -0.2) is 4.79 Å². The average molecular weight is 414 g/mol. The first kappa shape index (κ1) is 27.4. The number of hydrogen-bond acceptors (Lipinski definition) is 4. The van der Waals surface area contributed by atoms with E-state index in [0.29, 0.717) is 6.42 Å². The Hall–Kier alpha value is -1.59. The summed E-state index contributed by atoms with van der Waals surface area (Å²) >= 11 is 0. The van der Waals surface area contributed by atoms with Crippen molar-refractivity contribution >= 4 is 17.8 Å². The lowest BCUT2D eigenvalue weighted by atomic mass is 10.0. The van der Waals surface area contributed by atoms with Gasteiger partial charge < -0.3 is 15.2 Å². The standard InChI is InChI=1S/C23H43NO5/c1-5-6-7-8-9-10-11-12-13-14-15-16-20(25)24-19(22(27)28)17-18-21(26)29-23(2,3)4/h19H,5-18H2,1-4H3,(H,24,25)(H,27,28)/t19-/m0/s1. The van der Waals surface area contributed by atoms with E-state index in [1.807, 2.05) is 0 Å². The number of unbranched alkanes of at least 4 members (excludes halogenated alkanes) is 10. The summed E-state index contributed by atoms with van der Waals surface area (Å²) in [7, 11) is 0. The van der Waals surface area contributed by atoms with Crippen LogP contribution in [0, 0.1) is 0 Å². The van der Waals surface area contributed by atoms with Gasteiger partial charge in [0.2, 0.25) is 5.91 Å². The number of hydrogen-bond donors (Lipinski definition) is 2. The van der Waals surface area contributed by atoms with Crippen LogP contribution in [0.4, 0.5) is 0 Å². The number of amides is 1. The maximum Gasteiger partial charge on any atom is 0.326 e. The topological polar surface area (TPSA) is 92.7 Å². The summed E-state index contributed by atoms with van der Waals surface area (Å²) in [6, 6.07) is -1.05. The Bertz CT molecular complexity index is 470. The molecule has 0 rings (SSSR count). The van der Waals surface area contributed by atoms with Crippen LogP contribution in [0.1, 0.15) is 118 Å². The highest BCUT2D eigenvalue weighted by atomic mass is 16.6. The zero-order chi connectivity index (χ0) is 22.1. The van der Waals surface area contributed by atoms with E-state index in [1.165, 1.54) is 51.4 Å². The highest BCUT2D eigenvalue weighted by Gasteiger charge is 2.23. The molecule has 0 heterocycles. The molecule has 2 N–H and O–H groups in total. The third kappa shape index (κ3) is 18.2. The number of rotatable bonds is 17. The van der Waals surface area contributed by atoms with Crippen molar-refractivity contribution in [3.63, 3.8) is 0 Å². The number of aliphatic carboxylic acids is 1. The Balaban J connectivity index is 3.83. The highest BCUT2D eigenvalue weighted by Crippen LogP contribution is 2.13. The van der Waals surface area contributed by atoms with Gasteiger partial charge in [0.1, 0.15) is 11.6 Å². The maximum atomic E-state index is 12.0. The first-order valence-electron chi connectivity index (χ1n) is 11.4. The molecule has 0 aliphatic heterocycles. The van der Waals surface area contributed by atoms with E-state index in [4.69, 9.17) is 4.74 Å². The van der Waals surface area contributed by atoms with Gasteiger partial charge in [0, 0.05) is 12.8 Å². The van der Waals surface area contributed by atoms with E-state index in [0.717, 1.165) is 19.3 Å². The van der Waals surface area contributed by atoms with Crippen LogP contribution in [0.15, 0.2) is 0 Å². The maximum absolute atomic E-state index is 12.0. The highest BCUT2D eigenvalue weighted by molar-refractivity contribution is 5.84. The molecule has 0 saturated heterocycles. The number of carbonyl (C=O) groups is 3. The third-order valence-electron chi connectivity index (χ3n) is 4.70. The number of esters is 1. The first-order chi connectivity index (χ1) is 13.7. The predicted molar refractivity (Wildman–Crippen MR) is 116 cm³/mol. The molecule has 0 unspecified atom stereocenters. The summed E-state index contributed by atoms with van der Waals surface area (Å²) in [6.45, 7) is 7.51. The molecule has 0 saturated carbocycles. The van der Waals surface area contributed by atoms with Crippen molar-refractivity contribution in [3.05, 3.63) is 0 Å². The van der Waals surface area contributed by atoms with E-state index < -0.39 is 23.6 Å². The minimum Gasteiger partial charge on any atom is -0.480 e. The first-order valence-corrected chi connectivity index (χ1v) is 11.4. The normalized spacial score (nSPS) is 12.4. The molecule has 1 atom stereocenters. The van der Waals surface area contributed by atoms with Crippen LogP contribution in [0.25, 0.3) is 0 Å². The Labute approximate surface area is 177 Å². The van der Waals surface area contributed by atoms with E-state index in [9.17, 15) is 19.5 Å². The van der Waals surface area contributed by atoms with Crippen LogP contribution in [0.2, 0.25) is 0 Å². The fourth-order valence-corrected chi connectivity index (χ4v) is 3.13. The lowest BCUT2D eigenvalue weighted by molar-refractivity contribution is -0.155. The third-order valence-corrected chi connectivity index (χ3v) is 4.70. The summed E-state index contributed by atoms with van der Waals surface area (Å²) < 4.78 is 5.17. The lowest BCUT2D eigenvalue weighted by Gasteiger charge is -2.20. The molecular formula is C23H43NO5. The van der Waals surface area contributed by atoms with Gasteiger partial charge in [-0.15, -0.1) is 0 Å². The molecule has 0 radical (unpaired) electrons. The van der Waals surface area contributed by atoms with Gasteiger partial charge >= 0.3 is 11.9 Å². The number of nitrogens with one attached hydrogen (secondary N) is 1. The quantitative estimate of drug-likeness (QED) is 0.247. The van der Waals surface area contributed by atoms with Crippen molar-refractivity contribution in [2.45, 2.75) is 129 Å². The summed E-state index contributed by atoms with van der Waals surface area (Å²) in [5, 5.41) is 11.8. The van der Waals surface area contributed by atoms with Crippen molar-refractivity contribution in [2.75, 3.05) is 0 Å². The van der Waals surface area contributed by atoms with Crippen LogP contribution >= 0.6 is 0 Å². The molecule has 0 spiro atoms. The van der Waals surface area contributed by atoms with E-state index in [-0.39, 0.29) is 18.7 Å². The van der Waals surface area contributed by atoms with Crippen LogP contribution in [-0.4, -0.2) is 34.6 Å². The second-order valence-corrected chi connectivity index (χ2v) is 8.87. The summed E-state index contributed by atoms with van der Waals surface area (Å²) in [5.74, 6) is -1.85. The minimum atomic E-state index is -1.12. The second-order valence-electron chi connectivity index (χ2n) is 8.87. The fourth-order valence-electron chi connectivity index (χ4n) is 3.13. The van der Waals surface area contributed by atoms with Crippen molar-refractivity contribution < 1.29 is 24.2 Å². The number of carboxylic acids is 1. The molecule has 0 fully saturated rings. The molecule has 0 aromatic carbocycles. The average Bonchev–Trinajstić information content (AvgIpc) is 2.61. The zero-order valence-corrected chi connectivity index (χ0v) is 19.1. The molecule has 0 aliphatic rings. The van der Waals surface area contributed by atoms with Crippen molar-refractivity contribution in [3.8, 4) is 0 Å². The van der Waals surface area contributed by atoms with Crippen LogP contribution in [0.3, 0.4) is 0 Å². The molecule has 6 heteroatoms. The molecule has 170 valence electrons. The van der Waals surface area contributed by atoms with E-state index in [1.54, 1.807) is 20.8 Å². The molecule has 0 aromatic heterocycles. The smallest absolute Gasteiger partial charge is 0.326 e. The van der Waals surface area contributed by atoms with Crippen LogP contribution in [0.5, 0.6) is 0 Å². The largest absolute Gasteiger partial charge is 0.480 e.